The first-order valence-electron chi connectivity index (χ1n) is 6.48. The average Bonchev–Trinajstić information content (AvgIpc) is 3.06. The van der Waals surface area contributed by atoms with Gasteiger partial charge in [-0.25, -0.2) is 4.90 Å². The molecule has 0 bridgehead atoms. The number of hydrogen-bond acceptors (Lipinski definition) is 4. The maximum absolute atomic E-state index is 12.6. The number of nitrogens with zero attached hydrogens (tertiary/aromatic N) is 1. The van der Waals surface area contributed by atoms with E-state index in [1.54, 1.807) is 18.2 Å². The highest BCUT2D eigenvalue weighted by Gasteiger charge is 2.53. The van der Waals surface area contributed by atoms with Gasteiger partial charge in [-0.05, 0) is 43.7 Å². The Balaban J connectivity index is 1.94. The highest BCUT2D eigenvalue weighted by atomic mass is 16.2. The van der Waals surface area contributed by atoms with Crippen molar-refractivity contribution in [2.45, 2.75) is 19.3 Å². The third-order valence-electron chi connectivity index (χ3n) is 3.96. The molecule has 0 saturated heterocycles. The summed E-state index contributed by atoms with van der Waals surface area (Å²) in [5.74, 6) is -0.219. The molecule has 0 radical (unpaired) electrons. The normalized spacial score (nSPS) is 19.4. The lowest BCUT2D eigenvalue weighted by Crippen LogP contribution is -2.43. The number of carbonyl (C=O) groups is 2. The van der Waals surface area contributed by atoms with E-state index in [0.717, 1.165) is 18.4 Å². The van der Waals surface area contributed by atoms with Gasteiger partial charge in [0, 0.05) is 12.2 Å². The smallest absolute Gasteiger partial charge is 0.241 e. The third-order valence-corrected chi connectivity index (χ3v) is 3.96. The van der Waals surface area contributed by atoms with Gasteiger partial charge in [-0.3, -0.25) is 9.59 Å². The minimum atomic E-state index is -0.382. The molecule has 0 unspecified atom stereocenters. The Kier molecular flexibility index (Phi) is 2.60. The molecule has 1 saturated carbocycles. The Hall–Kier alpha value is -1.88. The van der Waals surface area contributed by atoms with Gasteiger partial charge in [0.15, 0.2) is 0 Å². The summed E-state index contributed by atoms with van der Waals surface area (Å²) in [6.07, 6.45) is 1.96. The molecule has 1 aromatic carbocycles. The Morgan fingerprint density at radius 2 is 2.21 bits per heavy atom. The standard InChI is InChI=1S/C14H17N3O2/c1-16-8-14(4-5-14)13(19)17-11-3-2-10(15)6-9(11)7-12(17)18/h2-3,6,16H,4-5,7-8,15H2,1H3. The molecule has 2 amide bonds. The summed E-state index contributed by atoms with van der Waals surface area (Å²) < 4.78 is 0. The van der Waals surface area contributed by atoms with Gasteiger partial charge in [0.05, 0.1) is 17.5 Å². The lowest BCUT2D eigenvalue weighted by atomic mass is 10.1. The topological polar surface area (TPSA) is 75.4 Å². The molecule has 1 aromatic rings. The fraction of sp³-hybridized carbons (Fsp3) is 0.429. The maximum Gasteiger partial charge on any atom is 0.241 e. The zero-order valence-electron chi connectivity index (χ0n) is 10.9. The predicted molar refractivity (Wildman–Crippen MR) is 72.6 cm³/mol. The number of benzene rings is 1. The monoisotopic (exact) mass is 259 g/mol. The van der Waals surface area contributed by atoms with Gasteiger partial charge in [0.1, 0.15) is 0 Å². The van der Waals surface area contributed by atoms with E-state index in [2.05, 4.69) is 5.32 Å². The number of fused-ring (bicyclic) bond motifs is 1. The number of nitrogen functional groups attached to an aromatic ring is 1. The van der Waals surface area contributed by atoms with Crippen molar-refractivity contribution in [2.24, 2.45) is 5.41 Å². The van der Waals surface area contributed by atoms with E-state index in [0.29, 0.717) is 17.9 Å². The molecule has 3 N–H and O–H groups in total. The molecule has 0 atom stereocenters. The van der Waals surface area contributed by atoms with E-state index in [9.17, 15) is 9.59 Å². The van der Waals surface area contributed by atoms with Gasteiger partial charge in [0.25, 0.3) is 0 Å². The quantitative estimate of drug-likeness (QED) is 0.618. The van der Waals surface area contributed by atoms with Crippen LogP contribution in [0.2, 0.25) is 0 Å². The van der Waals surface area contributed by atoms with Crippen LogP contribution in [0.1, 0.15) is 18.4 Å². The first kappa shape index (κ1) is 12.2. The summed E-state index contributed by atoms with van der Waals surface area (Å²) >= 11 is 0. The van der Waals surface area contributed by atoms with E-state index in [4.69, 9.17) is 5.73 Å². The van der Waals surface area contributed by atoms with Crippen molar-refractivity contribution in [1.82, 2.24) is 5.32 Å². The van der Waals surface area contributed by atoms with E-state index in [1.807, 2.05) is 7.05 Å². The molecule has 0 aromatic heterocycles. The molecular weight excluding hydrogens is 242 g/mol. The maximum atomic E-state index is 12.6. The Bertz CT molecular complexity index is 564. The van der Waals surface area contributed by atoms with Gasteiger partial charge < -0.3 is 11.1 Å². The van der Waals surface area contributed by atoms with Crippen molar-refractivity contribution < 1.29 is 9.59 Å². The number of hydrogen-bond donors (Lipinski definition) is 2. The number of nitrogens with two attached hydrogens (primary N) is 1. The molecule has 0 spiro atoms. The molecule has 1 heterocycles. The van der Waals surface area contributed by atoms with Crippen LogP contribution in [0.4, 0.5) is 11.4 Å². The van der Waals surface area contributed by atoms with Crippen LogP contribution in [-0.2, 0) is 16.0 Å². The second-order valence-corrected chi connectivity index (χ2v) is 5.41. The van der Waals surface area contributed by atoms with Gasteiger partial charge >= 0.3 is 0 Å². The van der Waals surface area contributed by atoms with Crippen molar-refractivity contribution >= 4 is 23.2 Å². The third kappa shape index (κ3) is 1.81. The van der Waals surface area contributed by atoms with Crippen LogP contribution in [0, 0.1) is 5.41 Å². The van der Waals surface area contributed by atoms with Gasteiger partial charge in [-0.2, -0.15) is 0 Å². The molecule has 3 rings (SSSR count). The zero-order chi connectivity index (χ0) is 13.6. The van der Waals surface area contributed by atoms with Crippen molar-refractivity contribution in [2.75, 3.05) is 24.2 Å². The molecule has 1 fully saturated rings. The Morgan fingerprint density at radius 3 is 2.84 bits per heavy atom. The van der Waals surface area contributed by atoms with Crippen LogP contribution in [-0.4, -0.2) is 25.4 Å². The van der Waals surface area contributed by atoms with Gasteiger partial charge in [0.2, 0.25) is 11.8 Å². The second kappa shape index (κ2) is 4.06. The van der Waals surface area contributed by atoms with E-state index in [1.165, 1.54) is 4.90 Å². The summed E-state index contributed by atoms with van der Waals surface area (Å²) in [5, 5.41) is 3.04. The second-order valence-electron chi connectivity index (χ2n) is 5.41. The molecule has 1 aliphatic carbocycles. The molecule has 5 heteroatoms. The van der Waals surface area contributed by atoms with Gasteiger partial charge in [-0.15, -0.1) is 0 Å². The number of imide groups is 1. The minimum Gasteiger partial charge on any atom is -0.399 e. The summed E-state index contributed by atoms with van der Waals surface area (Å²) in [7, 11) is 1.83. The van der Waals surface area contributed by atoms with Crippen molar-refractivity contribution in [3.63, 3.8) is 0 Å². The zero-order valence-corrected chi connectivity index (χ0v) is 10.9. The number of amides is 2. The summed E-state index contributed by atoms with van der Waals surface area (Å²) in [5.41, 5.74) is 7.51. The first-order chi connectivity index (χ1) is 9.07. The highest BCUT2D eigenvalue weighted by molar-refractivity contribution is 6.21. The van der Waals surface area contributed by atoms with Crippen molar-refractivity contribution in [1.29, 1.82) is 0 Å². The van der Waals surface area contributed by atoms with Crippen LogP contribution in [0.15, 0.2) is 18.2 Å². The molecule has 2 aliphatic rings. The predicted octanol–water partition coefficient (Wildman–Crippen LogP) is 0.684. The molecule has 100 valence electrons. The number of rotatable bonds is 3. The Labute approximate surface area is 111 Å². The van der Waals surface area contributed by atoms with E-state index < -0.39 is 0 Å². The fourth-order valence-corrected chi connectivity index (χ4v) is 2.76. The molecule has 19 heavy (non-hydrogen) atoms. The van der Waals surface area contributed by atoms with E-state index in [-0.39, 0.29) is 23.7 Å². The van der Waals surface area contributed by atoms with Crippen molar-refractivity contribution in [3.05, 3.63) is 23.8 Å². The average molecular weight is 259 g/mol. The highest BCUT2D eigenvalue weighted by Crippen LogP contribution is 2.48. The first-order valence-corrected chi connectivity index (χ1v) is 6.48. The number of anilines is 2. The van der Waals surface area contributed by atoms with Crippen LogP contribution >= 0.6 is 0 Å². The van der Waals surface area contributed by atoms with Crippen LogP contribution in [0.25, 0.3) is 0 Å². The van der Waals surface area contributed by atoms with Crippen LogP contribution in [0.5, 0.6) is 0 Å². The lowest BCUT2D eigenvalue weighted by molar-refractivity contribution is -0.128. The number of nitrogens with one attached hydrogen (secondary N) is 1. The largest absolute Gasteiger partial charge is 0.399 e. The summed E-state index contributed by atoms with van der Waals surface area (Å²) in [6, 6.07) is 5.27. The minimum absolute atomic E-state index is 0.0737. The van der Waals surface area contributed by atoms with E-state index >= 15 is 0 Å². The lowest BCUT2D eigenvalue weighted by Gasteiger charge is -2.22. The van der Waals surface area contributed by atoms with Gasteiger partial charge in [-0.1, -0.05) is 0 Å². The SMILES string of the molecule is CNCC1(C(=O)N2C(=O)Cc3cc(N)ccc32)CC1. The Morgan fingerprint density at radius 1 is 1.47 bits per heavy atom. The van der Waals surface area contributed by atoms with Crippen LogP contribution < -0.4 is 16.0 Å². The molecular formula is C14H17N3O2. The van der Waals surface area contributed by atoms with Crippen molar-refractivity contribution in [3.8, 4) is 0 Å². The number of carbonyl (C=O) groups excluding carboxylic acids is 2. The summed E-state index contributed by atoms with van der Waals surface area (Å²) in [6.45, 7) is 0.625. The van der Waals surface area contributed by atoms with Crippen LogP contribution in [0.3, 0.4) is 0 Å². The molecule has 1 aliphatic heterocycles. The fourth-order valence-electron chi connectivity index (χ4n) is 2.76. The summed E-state index contributed by atoms with van der Waals surface area (Å²) in [4.78, 5) is 26.1. The molecule has 5 nitrogen and oxygen atoms in total.